The maximum atomic E-state index is 12.4. The van der Waals surface area contributed by atoms with E-state index in [0.29, 0.717) is 0 Å². The Morgan fingerprint density at radius 1 is 1.31 bits per heavy atom. The highest BCUT2D eigenvalue weighted by atomic mass is 16.3. The van der Waals surface area contributed by atoms with Gasteiger partial charge in [-0.1, -0.05) is 50.6 Å². The zero-order chi connectivity index (χ0) is 19.1. The van der Waals surface area contributed by atoms with Crippen molar-refractivity contribution in [3.8, 4) is 0 Å². The second kappa shape index (κ2) is 9.33. The molecule has 3 N–H and O–H groups in total. The second-order valence-corrected chi connectivity index (χ2v) is 6.69. The fourth-order valence-corrected chi connectivity index (χ4v) is 2.90. The van der Waals surface area contributed by atoms with E-state index >= 15 is 0 Å². The van der Waals surface area contributed by atoms with Gasteiger partial charge >= 0.3 is 6.03 Å². The molecular weight excluding hydrogens is 334 g/mol. The molecule has 0 saturated carbocycles. The summed E-state index contributed by atoms with van der Waals surface area (Å²) < 4.78 is 0. The Balaban J connectivity index is 1.85. The third kappa shape index (κ3) is 5.05. The minimum atomic E-state index is -0.687. The minimum absolute atomic E-state index is 0.114. The lowest BCUT2D eigenvalue weighted by Crippen LogP contribution is -2.42. The monoisotopic (exact) mass is 361 g/mol. The van der Waals surface area contributed by atoms with Gasteiger partial charge in [0.1, 0.15) is 6.04 Å². The molecule has 0 spiro atoms. The van der Waals surface area contributed by atoms with Gasteiger partial charge < -0.3 is 15.7 Å². The SMILES string of the molecule is CC[C@H](C)[C@@H](CO)NC(=O)CC[C@H]1NC(=O)N(Cc2ccccc2)C1=O. The number of nitrogens with one attached hydrogen (secondary N) is 2. The van der Waals surface area contributed by atoms with E-state index in [2.05, 4.69) is 10.6 Å². The Hall–Kier alpha value is -2.41. The molecule has 26 heavy (non-hydrogen) atoms. The lowest BCUT2D eigenvalue weighted by molar-refractivity contribution is -0.128. The van der Waals surface area contributed by atoms with Crippen molar-refractivity contribution in [2.45, 2.75) is 51.7 Å². The molecule has 1 aromatic rings. The Kier molecular flexibility index (Phi) is 7.15. The Labute approximate surface area is 153 Å². The van der Waals surface area contributed by atoms with Gasteiger partial charge in [-0.05, 0) is 17.9 Å². The maximum absolute atomic E-state index is 12.4. The second-order valence-electron chi connectivity index (χ2n) is 6.69. The number of hydrogen-bond donors (Lipinski definition) is 3. The van der Waals surface area contributed by atoms with Gasteiger partial charge in [0, 0.05) is 6.42 Å². The van der Waals surface area contributed by atoms with E-state index in [-0.39, 0.29) is 49.8 Å². The van der Waals surface area contributed by atoms with E-state index in [1.165, 1.54) is 4.90 Å². The molecular formula is C19H27N3O4. The highest BCUT2D eigenvalue weighted by Gasteiger charge is 2.37. The molecule has 4 amide bonds. The first-order valence-corrected chi connectivity index (χ1v) is 9.02. The number of aliphatic hydroxyl groups is 1. The van der Waals surface area contributed by atoms with Gasteiger partial charge in [0.2, 0.25) is 5.91 Å². The van der Waals surface area contributed by atoms with Crippen LogP contribution in [0.15, 0.2) is 30.3 Å². The van der Waals surface area contributed by atoms with Gasteiger partial charge in [-0.3, -0.25) is 14.5 Å². The fraction of sp³-hybridized carbons (Fsp3) is 0.526. The van der Waals surface area contributed by atoms with E-state index in [4.69, 9.17) is 0 Å². The number of carbonyl (C=O) groups excluding carboxylic acids is 3. The van der Waals surface area contributed by atoms with Gasteiger partial charge in [0.25, 0.3) is 5.91 Å². The van der Waals surface area contributed by atoms with Crippen LogP contribution in [0.2, 0.25) is 0 Å². The molecule has 0 radical (unpaired) electrons. The average molecular weight is 361 g/mol. The molecule has 1 aliphatic rings. The van der Waals surface area contributed by atoms with Crippen LogP contribution in [0.5, 0.6) is 0 Å². The number of imide groups is 1. The summed E-state index contributed by atoms with van der Waals surface area (Å²) in [5.74, 6) is -0.377. The van der Waals surface area contributed by atoms with Gasteiger partial charge in [-0.15, -0.1) is 0 Å². The molecule has 142 valence electrons. The molecule has 3 atom stereocenters. The third-order valence-corrected chi connectivity index (χ3v) is 4.82. The fourth-order valence-electron chi connectivity index (χ4n) is 2.90. The summed E-state index contributed by atoms with van der Waals surface area (Å²) in [5.41, 5.74) is 0.869. The Morgan fingerprint density at radius 2 is 2.00 bits per heavy atom. The van der Waals surface area contributed by atoms with Gasteiger partial charge in [0.05, 0.1) is 19.2 Å². The molecule has 0 unspecified atom stereocenters. The van der Waals surface area contributed by atoms with E-state index in [1.54, 1.807) is 0 Å². The maximum Gasteiger partial charge on any atom is 0.325 e. The number of nitrogens with zero attached hydrogens (tertiary/aromatic N) is 1. The van der Waals surface area contributed by atoms with Crippen LogP contribution in [0.1, 0.15) is 38.7 Å². The Bertz CT molecular complexity index is 635. The molecule has 0 aromatic heterocycles. The molecule has 1 aromatic carbocycles. The highest BCUT2D eigenvalue weighted by molar-refractivity contribution is 6.04. The summed E-state index contributed by atoms with van der Waals surface area (Å²) in [5, 5.41) is 14.8. The van der Waals surface area contributed by atoms with E-state index in [9.17, 15) is 19.5 Å². The normalized spacial score (nSPS) is 19.2. The number of amides is 4. The smallest absolute Gasteiger partial charge is 0.325 e. The van der Waals surface area contributed by atoms with Crippen molar-refractivity contribution >= 4 is 17.8 Å². The number of hydrogen-bond acceptors (Lipinski definition) is 4. The number of benzene rings is 1. The summed E-state index contributed by atoms with van der Waals surface area (Å²) >= 11 is 0. The van der Waals surface area contributed by atoms with Gasteiger partial charge in [-0.25, -0.2) is 4.79 Å². The number of carbonyl (C=O) groups is 3. The third-order valence-electron chi connectivity index (χ3n) is 4.82. The van der Waals surface area contributed by atoms with Gasteiger partial charge in [0.15, 0.2) is 0 Å². The quantitative estimate of drug-likeness (QED) is 0.579. The van der Waals surface area contributed by atoms with Gasteiger partial charge in [-0.2, -0.15) is 0 Å². The van der Waals surface area contributed by atoms with Crippen LogP contribution in [-0.4, -0.2) is 46.5 Å². The molecule has 7 heteroatoms. The van der Waals surface area contributed by atoms with E-state index < -0.39 is 12.1 Å². The van der Waals surface area contributed by atoms with Crippen LogP contribution in [0.3, 0.4) is 0 Å². The first-order chi connectivity index (χ1) is 12.5. The van der Waals surface area contributed by atoms with Crippen LogP contribution in [-0.2, 0) is 16.1 Å². The van der Waals surface area contributed by atoms with Crippen molar-refractivity contribution in [1.29, 1.82) is 0 Å². The van der Waals surface area contributed by atoms with Crippen LogP contribution >= 0.6 is 0 Å². The highest BCUT2D eigenvalue weighted by Crippen LogP contribution is 2.15. The predicted octanol–water partition coefficient (Wildman–Crippen LogP) is 1.41. The molecule has 7 nitrogen and oxygen atoms in total. The largest absolute Gasteiger partial charge is 0.394 e. The topological polar surface area (TPSA) is 98.7 Å². The molecule has 1 aliphatic heterocycles. The zero-order valence-corrected chi connectivity index (χ0v) is 15.3. The summed E-state index contributed by atoms with van der Waals surface area (Å²) in [4.78, 5) is 37.8. The molecule has 1 saturated heterocycles. The van der Waals surface area contributed by atoms with Crippen molar-refractivity contribution in [2.75, 3.05) is 6.61 Å². The summed E-state index contributed by atoms with van der Waals surface area (Å²) in [6, 6.07) is 7.86. The molecule has 0 bridgehead atoms. The van der Waals surface area contributed by atoms with Crippen LogP contribution < -0.4 is 10.6 Å². The van der Waals surface area contributed by atoms with Crippen molar-refractivity contribution in [3.63, 3.8) is 0 Å². The Morgan fingerprint density at radius 3 is 2.62 bits per heavy atom. The van der Waals surface area contributed by atoms with Crippen molar-refractivity contribution in [1.82, 2.24) is 15.5 Å². The minimum Gasteiger partial charge on any atom is -0.394 e. The van der Waals surface area contributed by atoms with Crippen LogP contribution in [0.4, 0.5) is 4.79 Å². The summed E-state index contributed by atoms with van der Waals surface area (Å²) in [6.45, 7) is 4.05. The van der Waals surface area contributed by atoms with Crippen molar-refractivity contribution < 1.29 is 19.5 Å². The van der Waals surface area contributed by atoms with Crippen LogP contribution in [0, 0.1) is 5.92 Å². The standard InChI is InChI=1S/C19H27N3O4/c1-3-13(2)16(12-23)20-17(24)10-9-15-18(25)22(19(26)21-15)11-14-7-5-4-6-8-14/h4-8,13,15-16,23H,3,9-12H2,1-2H3,(H,20,24)(H,21,26)/t13-,15+,16+/m0/s1. The lowest BCUT2D eigenvalue weighted by atomic mass is 9.99. The number of aliphatic hydroxyl groups excluding tert-OH is 1. The van der Waals surface area contributed by atoms with E-state index in [0.717, 1.165) is 12.0 Å². The number of urea groups is 1. The first kappa shape index (κ1) is 19.9. The van der Waals surface area contributed by atoms with E-state index in [1.807, 2.05) is 44.2 Å². The predicted molar refractivity (Wildman–Crippen MR) is 97.0 cm³/mol. The first-order valence-electron chi connectivity index (χ1n) is 9.02. The lowest BCUT2D eigenvalue weighted by Gasteiger charge is -2.22. The average Bonchev–Trinajstić information content (AvgIpc) is 2.92. The van der Waals surface area contributed by atoms with Crippen molar-refractivity contribution in [3.05, 3.63) is 35.9 Å². The summed E-state index contributed by atoms with van der Waals surface area (Å²) in [7, 11) is 0. The number of rotatable bonds is 9. The zero-order valence-electron chi connectivity index (χ0n) is 15.3. The molecule has 2 rings (SSSR count). The molecule has 0 aliphatic carbocycles. The molecule has 1 heterocycles. The van der Waals surface area contributed by atoms with Crippen LogP contribution in [0.25, 0.3) is 0 Å². The molecule has 1 fully saturated rings. The summed E-state index contributed by atoms with van der Waals surface area (Å²) in [6.07, 6.45) is 1.19. The van der Waals surface area contributed by atoms with Crippen molar-refractivity contribution in [2.24, 2.45) is 5.92 Å².